The van der Waals surface area contributed by atoms with Crippen LogP contribution >= 0.6 is 0 Å². The molecule has 0 spiro atoms. The van der Waals surface area contributed by atoms with Gasteiger partial charge in [-0.05, 0) is 31.4 Å². The van der Waals surface area contributed by atoms with Crippen molar-refractivity contribution < 1.29 is 4.42 Å². The Morgan fingerprint density at radius 3 is 2.82 bits per heavy atom. The summed E-state index contributed by atoms with van der Waals surface area (Å²) in [4.78, 5) is 0. The van der Waals surface area contributed by atoms with Gasteiger partial charge in [0.1, 0.15) is 11.3 Å². The van der Waals surface area contributed by atoms with Crippen LogP contribution < -0.4 is 5.73 Å². The first-order valence-electron chi connectivity index (χ1n) is 6.57. The molecule has 2 N–H and O–H groups in total. The highest BCUT2D eigenvalue weighted by Crippen LogP contribution is 2.34. The lowest BCUT2D eigenvalue weighted by atomic mass is 9.95. The summed E-state index contributed by atoms with van der Waals surface area (Å²) in [5.74, 6) is 1.64. The van der Waals surface area contributed by atoms with Crippen LogP contribution in [-0.2, 0) is 0 Å². The third-order valence-electron chi connectivity index (χ3n) is 3.81. The molecular formula is C15H19NO. The third-order valence-corrected chi connectivity index (χ3v) is 3.81. The van der Waals surface area contributed by atoms with Gasteiger partial charge in [-0.25, -0.2) is 0 Å². The van der Waals surface area contributed by atoms with Crippen LogP contribution in [0.4, 0.5) is 0 Å². The quantitative estimate of drug-likeness (QED) is 0.755. The van der Waals surface area contributed by atoms with Crippen molar-refractivity contribution in [3.8, 4) is 0 Å². The molecule has 1 aliphatic rings. The lowest BCUT2D eigenvalue weighted by molar-refractivity contribution is 0.440. The summed E-state index contributed by atoms with van der Waals surface area (Å²) in [6.45, 7) is 0. The molecule has 2 heteroatoms. The molecule has 0 bridgehead atoms. The Labute approximate surface area is 102 Å². The second-order valence-electron chi connectivity index (χ2n) is 5.16. The average Bonchev–Trinajstić information content (AvgIpc) is 2.65. The molecule has 1 fully saturated rings. The van der Waals surface area contributed by atoms with Gasteiger partial charge in [0.2, 0.25) is 0 Å². The largest absolute Gasteiger partial charge is 0.461 e. The molecule has 3 rings (SSSR count). The molecule has 1 aromatic carbocycles. The van der Waals surface area contributed by atoms with E-state index in [1.54, 1.807) is 0 Å². The minimum Gasteiger partial charge on any atom is -0.461 e. The SMILES string of the molecule is NC1CCCCC(c2cc3ccccc3o2)C1. The fraction of sp³-hybridized carbons (Fsp3) is 0.467. The molecule has 2 atom stereocenters. The highest BCUT2D eigenvalue weighted by atomic mass is 16.3. The predicted octanol–water partition coefficient (Wildman–Crippen LogP) is 3.81. The molecule has 2 nitrogen and oxygen atoms in total. The molecule has 0 amide bonds. The van der Waals surface area contributed by atoms with Crippen molar-refractivity contribution in [2.24, 2.45) is 5.73 Å². The van der Waals surface area contributed by atoms with Gasteiger partial charge in [0.25, 0.3) is 0 Å². The number of hydrogen-bond donors (Lipinski definition) is 1. The highest BCUT2D eigenvalue weighted by molar-refractivity contribution is 5.77. The lowest BCUT2D eigenvalue weighted by Crippen LogP contribution is -2.20. The van der Waals surface area contributed by atoms with Gasteiger partial charge in [0, 0.05) is 17.3 Å². The van der Waals surface area contributed by atoms with E-state index in [4.69, 9.17) is 10.2 Å². The Morgan fingerprint density at radius 1 is 1.12 bits per heavy atom. The van der Waals surface area contributed by atoms with E-state index in [1.165, 1.54) is 24.6 Å². The Morgan fingerprint density at radius 2 is 1.94 bits per heavy atom. The van der Waals surface area contributed by atoms with Gasteiger partial charge >= 0.3 is 0 Å². The predicted molar refractivity (Wildman–Crippen MR) is 70.0 cm³/mol. The van der Waals surface area contributed by atoms with Gasteiger partial charge in [-0.2, -0.15) is 0 Å². The van der Waals surface area contributed by atoms with Crippen LogP contribution in [0, 0.1) is 0 Å². The van der Waals surface area contributed by atoms with Crippen LogP contribution in [0.3, 0.4) is 0 Å². The monoisotopic (exact) mass is 229 g/mol. The van der Waals surface area contributed by atoms with Crippen LogP contribution in [0.2, 0.25) is 0 Å². The van der Waals surface area contributed by atoms with Crippen molar-refractivity contribution in [1.82, 2.24) is 0 Å². The van der Waals surface area contributed by atoms with Gasteiger partial charge < -0.3 is 10.2 Å². The highest BCUT2D eigenvalue weighted by Gasteiger charge is 2.21. The van der Waals surface area contributed by atoms with Crippen molar-refractivity contribution in [2.45, 2.75) is 44.1 Å². The van der Waals surface area contributed by atoms with E-state index < -0.39 is 0 Å². The van der Waals surface area contributed by atoms with E-state index in [9.17, 15) is 0 Å². The summed E-state index contributed by atoms with van der Waals surface area (Å²) < 4.78 is 5.96. The molecule has 2 aromatic rings. The maximum absolute atomic E-state index is 6.12. The van der Waals surface area contributed by atoms with Gasteiger partial charge in [-0.1, -0.05) is 31.0 Å². The first-order valence-corrected chi connectivity index (χ1v) is 6.57. The summed E-state index contributed by atoms with van der Waals surface area (Å²) in [6.07, 6.45) is 5.98. The van der Waals surface area contributed by atoms with Crippen LogP contribution in [0.25, 0.3) is 11.0 Å². The number of benzene rings is 1. The summed E-state index contributed by atoms with van der Waals surface area (Å²) in [6, 6.07) is 10.8. The molecule has 2 unspecified atom stereocenters. The summed E-state index contributed by atoms with van der Waals surface area (Å²) >= 11 is 0. The summed E-state index contributed by atoms with van der Waals surface area (Å²) in [5, 5.41) is 1.21. The van der Waals surface area contributed by atoms with Crippen molar-refractivity contribution in [3.05, 3.63) is 36.1 Å². The van der Waals surface area contributed by atoms with Gasteiger partial charge in [0.15, 0.2) is 0 Å². The van der Waals surface area contributed by atoms with Crippen LogP contribution in [0.1, 0.15) is 43.8 Å². The molecule has 0 saturated heterocycles. The van der Waals surface area contributed by atoms with Crippen molar-refractivity contribution in [1.29, 1.82) is 0 Å². The topological polar surface area (TPSA) is 39.2 Å². The number of rotatable bonds is 1. The maximum Gasteiger partial charge on any atom is 0.134 e. The lowest BCUT2D eigenvalue weighted by Gasteiger charge is -2.14. The average molecular weight is 229 g/mol. The number of nitrogens with two attached hydrogens (primary N) is 1. The van der Waals surface area contributed by atoms with Crippen molar-refractivity contribution in [3.63, 3.8) is 0 Å². The smallest absolute Gasteiger partial charge is 0.134 e. The molecular weight excluding hydrogens is 210 g/mol. The van der Waals surface area contributed by atoms with Gasteiger partial charge in [-0.3, -0.25) is 0 Å². The standard InChI is InChI=1S/C15H19NO/c16-13-7-3-1-5-11(9-13)15-10-12-6-2-4-8-14(12)17-15/h2,4,6,8,10-11,13H,1,3,5,7,9,16H2. The van der Waals surface area contributed by atoms with Crippen molar-refractivity contribution >= 4 is 11.0 Å². The Hall–Kier alpha value is -1.28. The van der Waals surface area contributed by atoms with Gasteiger partial charge in [-0.15, -0.1) is 0 Å². The maximum atomic E-state index is 6.12. The van der Waals surface area contributed by atoms with E-state index in [2.05, 4.69) is 18.2 Å². The molecule has 17 heavy (non-hydrogen) atoms. The molecule has 90 valence electrons. The molecule has 1 saturated carbocycles. The van der Waals surface area contributed by atoms with E-state index in [0.717, 1.165) is 24.2 Å². The Kier molecular flexibility index (Phi) is 2.89. The van der Waals surface area contributed by atoms with E-state index in [0.29, 0.717) is 12.0 Å². The second kappa shape index (κ2) is 4.53. The first-order chi connectivity index (χ1) is 8.33. The Bertz CT molecular complexity index is 469. The molecule has 1 heterocycles. The van der Waals surface area contributed by atoms with Crippen LogP contribution in [0.15, 0.2) is 34.7 Å². The fourth-order valence-electron chi connectivity index (χ4n) is 2.86. The fourth-order valence-corrected chi connectivity index (χ4v) is 2.86. The zero-order valence-electron chi connectivity index (χ0n) is 10.1. The van der Waals surface area contributed by atoms with Crippen molar-refractivity contribution in [2.75, 3.05) is 0 Å². The molecule has 1 aromatic heterocycles. The van der Waals surface area contributed by atoms with Gasteiger partial charge in [0.05, 0.1) is 0 Å². The summed E-state index contributed by atoms with van der Waals surface area (Å²) in [7, 11) is 0. The first kappa shape index (κ1) is 10.8. The molecule has 1 aliphatic carbocycles. The van der Waals surface area contributed by atoms with E-state index >= 15 is 0 Å². The number of fused-ring (bicyclic) bond motifs is 1. The van der Waals surface area contributed by atoms with E-state index in [1.807, 2.05) is 12.1 Å². The minimum atomic E-state index is 0.343. The molecule has 0 radical (unpaired) electrons. The number of hydrogen-bond acceptors (Lipinski definition) is 2. The Balaban J connectivity index is 1.91. The van der Waals surface area contributed by atoms with Crippen LogP contribution in [-0.4, -0.2) is 6.04 Å². The van der Waals surface area contributed by atoms with Crippen LogP contribution in [0.5, 0.6) is 0 Å². The molecule has 0 aliphatic heterocycles. The van der Waals surface area contributed by atoms with E-state index in [-0.39, 0.29) is 0 Å². The normalized spacial score (nSPS) is 25.9. The zero-order chi connectivity index (χ0) is 11.7. The summed E-state index contributed by atoms with van der Waals surface area (Å²) in [5.41, 5.74) is 7.12. The number of para-hydroxylation sites is 1. The second-order valence-corrected chi connectivity index (χ2v) is 5.16. The number of furan rings is 1. The third kappa shape index (κ3) is 2.22. The zero-order valence-corrected chi connectivity index (χ0v) is 10.1. The minimum absolute atomic E-state index is 0.343.